The second-order valence-corrected chi connectivity index (χ2v) is 5.29. The summed E-state index contributed by atoms with van der Waals surface area (Å²) in [5, 5.41) is 2.75. The third-order valence-corrected chi connectivity index (χ3v) is 4.60. The number of nitrogens with one attached hydrogen (secondary N) is 1. The lowest BCUT2D eigenvalue weighted by Crippen LogP contribution is -2.39. The maximum Gasteiger partial charge on any atom is 0.307 e. The van der Waals surface area contributed by atoms with Gasteiger partial charge in [-0.15, -0.1) is 0 Å². The van der Waals surface area contributed by atoms with Crippen molar-refractivity contribution in [3.63, 3.8) is 0 Å². The lowest BCUT2D eigenvalue weighted by molar-refractivity contribution is -0.141. The first-order valence-corrected chi connectivity index (χ1v) is 6.54. The number of halogens is 2. The fraction of sp³-hybridized carbons (Fsp3) is 0.400. The summed E-state index contributed by atoms with van der Waals surface area (Å²) < 4.78 is 8.01. The minimum absolute atomic E-state index is 0.129. The molecule has 0 aromatic carbocycles. The molecule has 1 amide bonds. The Kier molecular flexibility index (Phi) is 3.58. The molecule has 5 nitrogen and oxygen atoms in total. The lowest BCUT2D eigenvalue weighted by atomic mass is 10.1. The summed E-state index contributed by atoms with van der Waals surface area (Å²) in [6, 6.07) is 1.60. The Balaban J connectivity index is 2.38. The summed E-state index contributed by atoms with van der Waals surface area (Å²) >= 11 is 6.75. The van der Waals surface area contributed by atoms with Crippen LogP contribution in [0.1, 0.15) is 23.0 Å². The molecule has 0 fully saturated rings. The van der Waals surface area contributed by atoms with Crippen LogP contribution in [0.4, 0.5) is 0 Å². The maximum atomic E-state index is 11.7. The molecule has 0 aliphatic carbocycles. The zero-order valence-electron chi connectivity index (χ0n) is 9.00. The van der Waals surface area contributed by atoms with Gasteiger partial charge in [-0.1, -0.05) is 0 Å². The highest BCUT2D eigenvalue weighted by atomic mass is 79.9. The van der Waals surface area contributed by atoms with E-state index in [0.717, 1.165) is 9.08 Å². The fourth-order valence-electron chi connectivity index (χ4n) is 1.83. The van der Waals surface area contributed by atoms with Crippen LogP contribution in [0.5, 0.6) is 0 Å². The average molecular weight is 366 g/mol. The smallest absolute Gasteiger partial charge is 0.307 e. The van der Waals surface area contributed by atoms with E-state index in [2.05, 4.69) is 41.9 Å². The van der Waals surface area contributed by atoms with Crippen molar-refractivity contribution in [2.45, 2.75) is 12.5 Å². The molecule has 1 aromatic heterocycles. The zero-order valence-corrected chi connectivity index (χ0v) is 12.2. The van der Waals surface area contributed by atoms with E-state index in [1.807, 2.05) is 0 Å². The number of amides is 1. The third kappa shape index (κ3) is 2.26. The van der Waals surface area contributed by atoms with Crippen molar-refractivity contribution in [1.29, 1.82) is 0 Å². The molecule has 17 heavy (non-hydrogen) atoms. The van der Waals surface area contributed by atoms with E-state index in [-0.39, 0.29) is 24.3 Å². The van der Waals surface area contributed by atoms with Gasteiger partial charge in [0.1, 0.15) is 5.69 Å². The zero-order chi connectivity index (χ0) is 12.6. The molecule has 1 aromatic rings. The van der Waals surface area contributed by atoms with Crippen LogP contribution >= 0.6 is 31.9 Å². The summed E-state index contributed by atoms with van der Waals surface area (Å²) in [4.78, 5) is 23.0. The van der Waals surface area contributed by atoms with Gasteiger partial charge in [-0.2, -0.15) is 0 Å². The Morgan fingerprint density at radius 3 is 3.00 bits per heavy atom. The predicted octanol–water partition coefficient (Wildman–Crippen LogP) is 1.86. The van der Waals surface area contributed by atoms with E-state index in [1.54, 1.807) is 10.6 Å². The molecule has 1 atom stereocenters. The van der Waals surface area contributed by atoms with Gasteiger partial charge < -0.3 is 14.6 Å². The Labute approximate surface area is 115 Å². The quantitative estimate of drug-likeness (QED) is 0.814. The van der Waals surface area contributed by atoms with Gasteiger partial charge >= 0.3 is 5.97 Å². The number of esters is 1. The normalized spacial score (nSPS) is 18.5. The molecule has 1 N–H and O–H groups in total. The van der Waals surface area contributed by atoms with E-state index < -0.39 is 0 Å². The Bertz CT molecular complexity index is 484. The number of carbonyl (C=O) groups is 2. The number of rotatable bonds is 2. The van der Waals surface area contributed by atoms with Gasteiger partial charge in [-0.05, 0) is 37.9 Å². The SMILES string of the molecule is COC(=O)C[C@H]1CNC(=O)c2cc(Br)c(Br)n21. The highest BCUT2D eigenvalue weighted by Crippen LogP contribution is 2.33. The first-order chi connectivity index (χ1) is 8.04. The van der Waals surface area contributed by atoms with Crippen molar-refractivity contribution < 1.29 is 14.3 Å². The van der Waals surface area contributed by atoms with E-state index in [0.29, 0.717) is 12.2 Å². The summed E-state index contributed by atoms with van der Waals surface area (Å²) in [5.41, 5.74) is 0.531. The predicted molar refractivity (Wildman–Crippen MR) is 67.8 cm³/mol. The number of fused-ring (bicyclic) bond motifs is 1. The molecule has 92 valence electrons. The van der Waals surface area contributed by atoms with E-state index in [9.17, 15) is 9.59 Å². The molecular formula is C10H10Br2N2O3. The molecule has 0 spiro atoms. The first-order valence-electron chi connectivity index (χ1n) is 4.95. The van der Waals surface area contributed by atoms with Crippen molar-refractivity contribution in [3.8, 4) is 0 Å². The summed E-state index contributed by atoms with van der Waals surface area (Å²) in [6.07, 6.45) is 0.226. The molecule has 0 radical (unpaired) electrons. The van der Waals surface area contributed by atoms with Gasteiger partial charge in [0.2, 0.25) is 0 Å². The number of aromatic nitrogens is 1. The van der Waals surface area contributed by atoms with Gasteiger partial charge in [-0.3, -0.25) is 9.59 Å². The first kappa shape index (κ1) is 12.6. The van der Waals surface area contributed by atoms with Crippen LogP contribution in [0.2, 0.25) is 0 Å². The largest absolute Gasteiger partial charge is 0.469 e. The average Bonchev–Trinajstić information content (AvgIpc) is 2.61. The van der Waals surface area contributed by atoms with E-state index in [1.165, 1.54) is 7.11 Å². The van der Waals surface area contributed by atoms with Gasteiger partial charge in [0.25, 0.3) is 5.91 Å². The molecule has 7 heteroatoms. The Morgan fingerprint density at radius 1 is 1.65 bits per heavy atom. The molecule has 1 aliphatic rings. The van der Waals surface area contributed by atoms with Crippen LogP contribution in [0.3, 0.4) is 0 Å². The third-order valence-electron chi connectivity index (χ3n) is 2.66. The molecular weight excluding hydrogens is 356 g/mol. The summed E-state index contributed by atoms with van der Waals surface area (Å²) in [5.74, 6) is -0.439. The fourth-order valence-corrected chi connectivity index (χ4v) is 2.84. The second-order valence-electron chi connectivity index (χ2n) is 3.68. The molecule has 0 bridgehead atoms. The van der Waals surface area contributed by atoms with Gasteiger partial charge in [-0.25, -0.2) is 0 Å². The van der Waals surface area contributed by atoms with Crippen LogP contribution in [-0.4, -0.2) is 30.1 Å². The van der Waals surface area contributed by atoms with Gasteiger partial charge in [0, 0.05) is 6.54 Å². The number of ether oxygens (including phenoxy) is 1. The van der Waals surface area contributed by atoms with E-state index in [4.69, 9.17) is 0 Å². The van der Waals surface area contributed by atoms with Crippen LogP contribution in [0.25, 0.3) is 0 Å². The molecule has 0 saturated heterocycles. The van der Waals surface area contributed by atoms with Crippen LogP contribution < -0.4 is 5.32 Å². The van der Waals surface area contributed by atoms with E-state index >= 15 is 0 Å². The lowest BCUT2D eigenvalue weighted by Gasteiger charge is -2.26. The minimum Gasteiger partial charge on any atom is -0.469 e. The van der Waals surface area contributed by atoms with Crippen LogP contribution in [0, 0.1) is 0 Å². The van der Waals surface area contributed by atoms with Gasteiger partial charge in [0.05, 0.1) is 28.6 Å². The number of hydrogen-bond acceptors (Lipinski definition) is 3. The monoisotopic (exact) mass is 364 g/mol. The van der Waals surface area contributed by atoms with Crippen molar-refractivity contribution in [2.24, 2.45) is 0 Å². The summed E-state index contributed by atoms with van der Waals surface area (Å²) in [7, 11) is 1.35. The van der Waals surface area contributed by atoms with Crippen molar-refractivity contribution in [3.05, 3.63) is 20.8 Å². The highest BCUT2D eigenvalue weighted by molar-refractivity contribution is 9.13. The van der Waals surface area contributed by atoms with Crippen molar-refractivity contribution >= 4 is 43.7 Å². The number of hydrogen-bond donors (Lipinski definition) is 1. The number of nitrogens with zero attached hydrogens (tertiary/aromatic N) is 1. The maximum absolute atomic E-state index is 11.7. The standard InChI is InChI=1S/C10H10Br2N2O3/c1-17-8(15)2-5-4-13-10(16)7-3-6(11)9(12)14(5)7/h3,5H,2,4H2,1H3,(H,13,16)/t5-/m0/s1. The topological polar surface area (TPSA) is 60.3 Å². The molecule has 1 aliphatic heterocycles. The van der Waals surface area contributed by atoms with Crippen molar-refractivity contribution in [1.82, 2.24) is 9.88 Å². The summed E-state index contributed by atoms with van der Waals surface area (Å²) in [6.45, 7) is 0.417. The number of methoxy groups -OCH3 is 1. The Morgan fingerprint density at radius 2 is 2.35 bits per heavy atom. The molecule has 2 heterocycles. The Hall–Kier alpha value is -0.820. The van der Waals surface area contributed by atoms with Gasteiger partial charge in [0.15, 0.2) is 0 Å². The molecule has 0 saturated carbocycles. The minimum atomic E-state index is -0.297. The number of carbonyl (C=O) groups excluding carboxylic acids is 2. The molecule has 0 unspecified atom stereocenters. The molecule has 2 rings (SSSR count). The van der Waals surface area contributed by atoms with Crippen molar-refractivity contribution in [2.75, 3.05) is 13.7 Å². The highest BCUT2D eigenvalue weighted by Gasteiger charge is 2.29. The van der Waals surface area contributed by atoms with Crippen LogP contribution in [-0.2, 0) is 9.53 Å². The van der Waals surface area contributed by atoms with Crippen LogP contribution in [0.15, 0.2) is 15.1 Å². The second kappa shape index (κ2) is 4.81.